The molecule has 0 saturated carbocycles. The SMILES string of the molecule is Cc1cc(OC(C2Cc3ccccc3C2)C2OCC(C)CO2)ccc1C(=O)n1c(C)c(CC(=O)OCc2ccccc2)c2ccccc21. The van der Waals surface area contributed by atoms with Crippen molar-refractivity contribution in [2.24, 2.45) is 11.8 Å². The molecular weight excluding hydrogens is 602 g/mol. The van der Waals surface area contributed by atoms with E-state index in [1.54, 1.807) is 4.57 Å². The maximum atomic E-state index is 14.2. The molecule has 1 saturated heterocycles. The minimum absolute atomic E-state index is 0.0712. The van der Waals surface area contributed by atoms with Crippen LogP contribution < -0.4 is 4.74 Å². The van der Waals surface area contributed by atoms with Crippen LogP contribution in [0.5, 0.6) is 5.75 Å². The van der Waals surface area contributed by atoms with Gasteiger partial charge in [0.1, 0.15) is 12.4 Å². The highest BCUT2D eigenvalue weighted by Crippen LogP contribution is 2.35. The first-order valence-corrected chi connectivity index (χ1v) is 16.8. The Balaban J connectivity index is 1.12. The summed E-state index contributed by atoms with van der Waals surface area (Å²) >= 11 is 0. The molecule has 0 N–H and O–H groups in total. The largest absolute Gasteiger partial charge is 0.485 e. The molecule has 1 unspecified atom stereocenters. The van der Waals surface area contributed by atoms with Crippen molar-refractivity contribution >= 4 is 22.8 Å². The van der Waals surface area contributed by atoms with Crippen LogP contribution in [0.15, 0.2) is 97.1 Å². The molecule has 1 fully saturated rings. The van der Waals surface area contributed by atoms with Crippen LogP contribution in [-0.4, -0.2) is 42.1 Å². The molecule has 5 aromatic rings. The zero-order valence-corrected chi connectivity index (χ0v) is 27.7. The van der Waals surface area contributed by atoms with Crippen LogP contribution in [0, 0.1) is 25.7 Å². The Morgan fingerprint density at radius 1 is 0.854 bits per heavy atom. The van der Waals surface area contributed by atoms with Gasteiger partial charge >= 0.3 is 5.97 Å². The summed E-state index contributed by atoms with van der Waals surface area (Å²) in [5, 5.41) is 0.861. The van der Waals surface area contributed by atoms with Crippen molar-refractivity contribution in [3.63, 3.8) is 0 Å². The number of aryl methyl sites for hydroxylation is 1. The number of aromatic nitrogens is 1. The average molecular weight is 644 g/mol. The molecule has 7 nitrogen and oxygen atoms in total. The molecule has 1 atom stereocenters. The van der Waals surface area contributed by atoms with Crippen molar-refractivity contribution in [2.45, 2.75) is 59.0 Å². The predicted octanol–water partition coefficient (Wildman–Crippen LogP) is 7.40. The fourth-order valence-corrected chi connectivity index (χ4v) is 7.08. The van der Waals surface area contributed by atoms with Crippen LogP contribution in [0.4, 0.5) is 0 Å². The predicted molar refractivity (Wildman–Crippen MR) is 184 cm³/mol. The van der Waals surface area contributed by atoms with E-state index >= 15 is 0 Å². The zero-order chi connectivity index (χ0) is 33.2. The lowest BCUT2D eigenvalue weighted by atomic mass is 9.97. The summed E-state index contributed by atoms with van der Waals surface area (Å²) < 4.78 is 26.3. The Kier molecular flexibility index (Phi) is 9.15. The summed E-state index contributed by atoms with van der Waals surface area (Å²) in [6.07, 6.45) is 1.11. The van der Waals surface area contributed by atoms with Gasteiger partial charge in [0.15, 0.2) is 12.4 Å². The monoisotopic (exact) mass is 643 g/mol. The first-order valence-electron chi connectivity index (χ1n) is 16.8. The standard InChI is InChI=1S/C41H41NO6/c1-26-23-46-41(47-24-26)39(32-20-30-13-7-8-14-31(30)21-32)48-33-17-18-34(27(2)19-33)40(44)42-28(3)36(35-15-9-10-16-37(35)42)22-38(43)45-25-29-11-5-4-6-12-29/h4-19,26,32,39,41H,20-25H2,1-3H3. The third-order valence-corrected chi connectivity index (χ3v) is 9.61. The van der Waals surface area contributed by atoms with Gasteiger partial charge in [0.05, 0.1) is 25.2 Å². The molecule has 48 heavy (non-hydrogen) atoms. The van der Waals surface area contributed by atoms with Gasteiger partial charge in [-0.1, -0.05) is 79.7 Å². The maximum Gasteiger partial charge on any atom is 0.310 e. The topological polar surface area (TPSA) is 76.0 Å². The van der Waals surface area contributed by atoms with E-state index < -0.39 is 6.29 Å². The van der Waals surface area contributed by atoms with Crippen LogP contribution in [0.3, 0.4) is 0 Å². The Morgan fingerprint density at radius 3 is 2.23 bits per heavy atom. The molecule has 7 heteroatoms. The number of hydrogen-bond acceptors (Lipinski definition) is 6. The van der Waals surface area contributed by atoms with Gasteiger partial charge < -0.3 is 18.9 Å². The first kappa shape index (κ1) is 31.9. The summed E-state index contributed by atoms with van der Waals surface area (Å²) in [7, 11) is 0. The third kappa shape index (κ3) is 6.53. The second kappa shape index (κ2) is 13.8. The Bertz CT molecular complexity index is 1910. The van der Waals surface area contributed by atoms with Crippen molar-refractivity contribution in [1.29, 1.82) is 0 Å². The molecule has 1 aromatic heterocycles. The van der Waals surface area contributed by atoms with E-state index in [-0.39, 0.29) is 36.9 Å². The molecule has 0 bridgehead atoms. The second-order valence-electron chi connectivity index (χ2n) is 13.2. The molecule has 0 amide bonds. The Morgan fingerprint density at radius 2 is 1.52 bits per heavy atom. The number of nitrogens with zero attached hydrogens (tertiary/aromatic N) is 1. The molecule has 7 rings (SSSR count). The normalized spacial score (nSPS) is 18.4. The number of esters is 1. The molecular formula is C41H41NO6. The van der Waals surface area contributed by atoms with E-state index in [4.69, 9.17) is 18.9 Å². The lowest BCUT2D eigenvalue weighted by molar-refractivity contribution is -0.240. The van der Waals surface area contributed by atoms with Gasteiger partial charge in [0, 0.05) is 28.5 Å². The molecule has 246 valence electrons. The number of para-hydroxylation sites is 1. The van der Waals surface area contributed by atoms with Crippen LogP contribution >= 0.6 is 0 Å². The second-order valence-corrected chi connectivity index (χ2v) is 13.2. The average Bonchev–Trinajstić information content (AvgIpc) is 3.65. The highest BCUT2D eigenvalue weighted by molar-refractivity contribution is 6.05. The van der Waals surface area contributed by atoms with Gasteiger partial charge in [0.25, 0.3) is 5.91 Å². The van der Waals surface area contributed by atoms with Crippen LogP contribution in [0.2, 0.25) is 0 Å². The van der Waals surface area contributed by atoms with Crippen LogP contribution in [0.25, 0.3) is 10.9 Å². The zero-order valence-electron chi connectivity index (χ0n) is 27.7. The summed E-state index contributed by atoms with van der Waals surface area (Å²) in [4.78, 5) is 27.2. The molecule has 2 aliphatic rings. The van der Waals surface area contributed by atoms with E-state index in [0.29, 0.717) is 30.4 Å². The number of rotatable bonds is 9. The van der Waals surface area contributed by atoms with Gasteiger partial charge in [-0.25, -0.2) is 0 Å². The summed E-state index contributed by atoms with van der Waals surface area (Å²) in [6.45, 7) is 7.41. The smallest absolute Gasteiger partial charge is 0.310 e. The molecule has 4 aromatic carbocycles. The molecule has 2 heterocycles. The van der Waals surface area contributed by atoms with E-state index in [0.717, 1.165) is 46.1 Å². The van der Waals surface area contributed by atoms with Crippen molar-refractivity contribution in [2.75, 3.05) is 13.2 Å². The molecule has 0 spiro atoms. The third-order valence-electron chi connectivity index (χ3n) is 9.61. The summed E-state index contributed by atoms with van der Waals surface area (Å²) in [5.74, 6) is 0.715. The minimum Gasteiger partial charge on any atom is -0.485 e. The van der Waals surface area contributed by atoms with Crippen molar-refractivity contribution < 1.29 is 28.5 Å². The fourth-order valence-electron chi connectivity index (χ4n) is 7.08. The van der Waals surface area contributed by atoms with Gasteiger partial charge in [0.2, 0.25) is 0 Å². The van der Waals surface area contributed by atoms with Crippen molar-refractivity contribution in [3.05, 3.63) is 136 Å². The van der Waals surface area contributed by atoms with Crippen molar-refractivity contribution in [1.82, 2.24) is 4.57 Å². The van der Waals surface area contributed by atoms with Crippen LogP contribution in [-0.2, 0) is 44.9 Å². The number of carbonyl (C=O) groups excluding carboxylic acids is 2. The number of benzene rings is 4. The summed E-state index contributed by atoms with van der Waals surface area (Å²) in [6, 6.07) is 31.5. The lowest BCUT2D eigenvalue weighted by Crippen LogP contribution is -2.46. The number of ether oxygens (including phenoxy) is 4. The molecule has 0 radical (unpaired) electrons. The highest BCUT2D eigenvalue weighted by atomic mass is 16.7. The fraction of sp³-hybridized carbons (Fsp3) is 0.317. The van der Waals surface area contributed by atoms with Crippen LogP contribution in [0.1, 0.15) is 50.8 Å². The van der Waals surface area contributed by atoms with Gasteiger partial charge in [-0.2, -0.15) is 0 Å². The molecule has 1 aliphatic carbocycles. The number of carbonyl (C=O) groups is 2. The Labute approximate surface area is 281 Å². The van der Waals surface area contributed by atoms with Gasteiger partial charge in [-0.15, -0.1) is 0 Å². The quantitative estimate of drug-likeness (QED) is 0.156. The number of hydrogen-bond donors (Lipinski definition) is 0. The van der Waals surface area contributed by atoms with E-state index in [9.17, 15) is 9.59 Å². The number of fused-ring (bicyclic) bond motifs is 2. The minimum atomic E-state index is -0.464. The van der Waals surface area contributed by atoms with Crippen molar-refractivity contribution in [3.8, 4) is 5.75 Å². The van der Waals surface area contributed by atoms with E-state index in [1.807, 2.05) is 86.6 Å². The van der Waals surface area contributed by atoms with E-state index in [1.165, 1.54) is 11.1 Å². The molecule has 1 aliphatic heterocycles. The van der Waals surface area contributed by atoms with Gasteiger partial charge in [-0.05, 0) is 78.8 Å². The Hall–Kier alpha value is -4.72. The summed E-state index contributed by atoms with van der Waals surface area (Å²) in [5.41, 5.74) is 7.24. The lowest BCUT2D eigenvalue weighted by Gasteiger charge is -2.36. The van der Waals surface area contributed by atoms with Gasteiger partial charge in [-0.3, -0.25) is 14.2 Å². The van der Waals surface area contributed by atoms with E-state index in [2.05, 4.69) is 31.2 Å². The first-order chi connectivity index (χ1) is 23.4. The maximum absolute atomic E-state index is 14.2. The highest BCUT2D eigenvalue weighted by Gasteiger charge is 2.39.